The topological polar surface area (TPSA) is 15.8 Å². The lowest BCUT2D eigenvalue weighted by Gasteiger charge is -1.97. The monoisotopic (exact) mass is 225 g/mol. The van der Waals surface area contributed by atoms with E-state index >= 15 is 0 Å². The average molecular weight is 225 g/mol. The Labute approximate surface area is 98.9 Å². The molecule has 0 saturated heterocycles. The van der Waals surface area contributed by atoms with E-state index < -0.39 is 0 Å². The van der Waals surface area contributed by atoms with Gasteiger partial charge >= 0.3 is 0 Å². The Kier molecular flexibility index (Phi) is 2.22. The van der Waals surface area contributed by atoms with Crippen LogP contribution in [0.3, 0.4) is 0 Å². The van der Waals surface area contributed by atoms with Crippen LogP contribution in [0.2, 0.25) is 0 Å². The quantitative estimate of drug-likeness (QED) is 0.636. The molecule has 0 aliphatic heterocycles. The molecule has 0 atom stereocenters. The molecule has 0 amide bonds. The van der Waals surface area contributed by atoms with E-state index in [1.165, 1.54) is 0 Å². The average Bonchev–Trinajstić information content (AvgIpc) is 2.74. The molecule has 1 heterocycles. The zero-order valence-electron chi connectivity index (χ0n) is 9.50. The van der Waals surface area contributed by atoms with E-state index in [0.717, 1.165) is 27.7 Å². The Morgan fingerprint density at radius 1 is 1.00 bits per heavy atom. The second-order valence-electron chi connectivity index (χ2n) is 4.24. The minimum absolute atomic E-state index is 0.186. The van der Waals surface area contributed by atoms with E-state index in [-0.39, 0.29) is 5.82 Å². The molecule has 0 aliphatic rings. The maximum Gasteiger partial charge on any atom is 0.124 e. The van der Waals surface area contributed by atoms with Gasteiger partial charge in [0.05, 0.1) is 0 Å². The molecule has 0 unspecified atom stereocenters. The van der Waals surface area contributed by atoms with E-state index in [2.05, 4.69) is 4.98 Å². The molecule has 3 aromatic rings. The second kappa shape index (κ2) is 3.74. The first-order valence-corrected chi connectivity index (χ1v) is 5.58. The summed E-state index contributed by atoms with van der Waals surface area (Å²) in [6.07, 6.45) is 0. The Balaban J connectivity index is 2.24. The number of aryl methyl sites for hydroxylation is 1. The predicted octanol–water partition coefficient (Wildman–Crippen LogP) is 4.28. The fourth-order valence-electron chi connectivity index (χ4n) is 2.15. The summed E-state index contributed by atoms with van der Waals surface area (Å²) in [5.74, 6) is -0.186. The van der Waals surface area contributed by atoms with E-state index in [9.17, 15) is 4.39 Å². The Bertz CT molecular complexity index is 668. The van der Waals surface area contributed by atoms with Crippen LogP contribution in [0, 0.1) is 12.7 Å². The third-order valence-electron chi connectivity index (χ3n) is 2.98. The summed E-state index contributed by atoms with van der Waals surface area (Å²) in [6, 6.07) is 15.1. The van der Waals surface area contributed by atoms with Crippen LogP contribution in [0.1, 0.15) is 5.56 Å². The van der Waals surface area contributed by atoms with Crippen molar-refractivity contribution in [1.82, 2.24) is 4.98 Å². The summed E-state index contributed by atoms with van der Waals surface area (Å²) in [6.45, 7) is 1.91. The number of H-pyrrole nitrogens is 1. The van der Waals surface area contributed by atoms with Crippen molar-refractivity contribution in [3.63, 3.8) is 0 Å². The summed E-state index contributed by atoms with van der Waals surface area (Å²) < 4.78 is 13.3. The fraction of sp³-hybridized carbons (Fsp3) is 0.0667. The van der Waals surface area contributed by atoms with E-state index in [0.29, 0.717) is 0 Å². The molecule has 0 fully saturated rings. The zero-order chi connectivity index (χ0) is 11.8. The second-order valence-corrected chi connectivity index (χ2v) is 4.24. The zero-order valence-corrected chi connectivity index (χ0v) is 9.50. The molecular formula is C15H12FN. The normalized spacial score (nSPS) is 10.9. The van der Waals surface area contributed by atoms with Crippen molar-refractivity contribution in [2.75, 3.05) is 0 Å². The summed E-state index contributed by atoms with van der Waals surface area (Å²) in [5.41, 5.74) is 4.07. The first-order valence-electron chi connectivity index (χ1n) is 5.58. The van der Waals surface area contributed by atoms with E-state index in [4.69, 9.17) is 0 Å². The van der Waals surface area contributed by atoms with Crippen LogP contribution in [0.15, 0.2) is 48.5 Å². The molecule has 2 aromatic carbocycles. The van der Waals surface area contributed by atoms with Gasteiger partial charge in [0.2, 0.25) is 0 Å². The predicted molar refractivity (Wildman–Crippen MR) is 68.4 cm³/mol. The van der Waals surface area contributed by atoms with E-state index in [1.807, 2.05) is 43.3 Å². The minimum atomic E-state index is -0.186. The standard InChI is InChI=1S/C15H12FN/c1-10-7-13(16)8-12-9-14(17-15(10)12)11-5-3-2-4-6-11/h2-9,17H,1H3. The van der Waals surface area contributed by atoms with Gasteiger partial charge < -0.3 is 4.98 Å². The van der Waals surface area contributed by atoms with Gasteiger partial charge in [-0.1, -0.05) is 30.3 Å². The maximum absolute atomic E-state index is 13.3. The molecule has 0 saturated carbocycles. The minimum Gasteiger partial charge on any atom is -0.354 e. The molecule has 0 bridgehead atoms. The number of aromatic nitrogens is 1. The Morgan fingerprint density at radius 2 is 1.76 bits per heavy atom. The summed E-state index contributed by atoms with van der Waals surface area (Å²) >= 11 is 0. The Hall–Kier alpha value is -2.09. The molecular weight excluding hydrogens is 213 g/mol. The molecule has 0 aliphatic carbocycles. The number of hydrogen-bond acceptors (Lipinski definition) is 0. The highest BCUT2D eigenvalue weighted by atomic mass is 19.1. The fourth-order valence-corrected chi connectivity index (χ4v) is 2.15. The summed E-state index contributed by atoms with van der Waals surface area (Å²) in [7, 11) is 0. The van der Waals surface area contributed by atoms with Gasteiger partial charge in [-0.05, 0) is 36.2 Å². The number of hydrogen-bond donors (Lipinski definition) is 1. The first-order chi connectivity index (χ1) is 8.24. The number of halogens is 1. The van der Waals surface area contributed by atoms with Crippen LogP contribution in [0.25, 0.3) is 22.2 Å². The summed E-state index contributed by atoms with van der Waals surface area (Å²) in [5, 5.41) is 0.918. The molecule has 1 nitrogen and oxygen atoms in total. The van der Waals surface area contributed by atoms with Gasteiger partial charge in [0.25, 0.3) is 0 Å². The summed E-state index contributed by atoms with van der Waals surface area (Å²) in [4.78, 5) is 3.34. The van der Waals surface area contributed by atoms with Crippen molar-refractivity contribution in [1.29, 1.82) is 0 Å². The van der Waals surface area contributed by atoms with Crippen LogP contribution >= 0.6 is 0 Å². The maximum atomic E-state index is 13.3. The molecule has 0 spiro atoms. The largest absolute Gasteiger partial charge is 0.354 e. The first kappa shape index (κ1) is 10.1. The third kappa shape index (κ3) is 1.72. The van der Waals surface area contributed by atoms with Crippen molar-refractivity contribution in [2.45, 2.75) is 6.92 Å². The van der Waals surface area contributed by atoms with Crippen LogP contribution in [0.5, 0.6) is 0 Å². The van der Waals surface area contributed by atoms with Gasteiger partial charge in [-0.15, -0.1) is 0 Å². The Morgan fingerprint density at radius 3 is 2.53 bits per heavy atom. The number of rotatable bonds is 1. The van der Waals surface area contributed by atoms with Gasteiger partial charge in [0.15, 0.2) is 0 Å². The van der Waals surface area contributed by atoms with Gasteiger partial charge in [-0.25, -0.2) is 4.39 Å². The van der Waals surface area contributed by atoms with Crippen molar-refractivity contribution in [2.24, 2.45) is 0 Å². The van der Waals surface area contributed by atoms with Gasteiger partial charge in [0.1, 0.15) is 5.82 Å². The SMILES string of the molecule is Cc1cc(F)cc2cc(-c3ccccc3)[nH]c12. The lowest BCUT2D eigenvalue weighted by Crippen LogP contribution is -1.80. The number of fused-ring (bicyclic) bond motifs is 1. The molecule has 1 N–H and O–H groups in total. The number of aromatic amines is 1. The van der Waals surface area contributed by atoms with E-state index in [1.54, 1.807) is 12.1 Å². The molecule has 0 radical (unpaired) electrons. The molecule has 17 heavy (non-hydrogen) atoms. The van der Waals surface area contributed by atoms with Crippen LogP contribution in [-0.4, -0.2) is 4.98 Å². The van der Waals surface area contributed by atoms with Crippen LogP contribution in [0.4, 0.5) is 4.39 Å². The smallest absolute Gasteiger partial charge is 0.124 e. The van der Waals surface area contributed by atoms with Crippen LogP contribution in [-0.2, 0) is 0 Å². The number of benzene rings is 2. The van der Waals surface area contributed by atoms with Crippen molar-refractivity contribution in [3.05, 3.63) is 59.9 Å². The van der Waals surface area contributed by atoms with Crippen molar-refractivity contribution >= 4 is 10.9 Å². The van der Waals surface area contributed by atoms with Gasteiger partial charge in [-0.3, -0.25) is 0 Å². The highest BCUT2D eigenvalue weighted by molar-refractivity contribution is 5.88. The van der Waals surface area contributed by atoms with Crippen molar-refractivity contribution in [3.8, 4) is 11.3 Å². The van der Waals surface area contributed by atoms with Crippen LogP contribution < -0.4 is 0 Å². The van der Waals surface area contributed by atoms with Crippen molar-refractivity contribution < 1.29 is 4.39 Å². The lowest BCUT2D eigenvalue weighted by molar-refractivity contribution is 0.628. The highest BCUT2D eigenvalue weighted by Gasteiger charge is 2.06. The van der Waals surface area contributed by atoms with Gasteiger partial charge in [-0.2, -0.15) is 0 Å². The molecule has 2 heteroatoms. The molecule has 1 aromatic heterocycles. The molecule has 84 valence electrons. The third-order valence-corrected chi connectivity index (χ3v) is 2.98. The number of nitrogens with one attached hydrogen (secondary N) is 1. The highest BCUT2D eigenvalue weighted by Crippen LogP contribution is 2.26. The molecule has 3 rings (SSSR count). The van der Waals surface area contributed by atoms with Gasteiger partial charge in [0, 0.05) is 16.6 Å². The lowest BCUT2D eigenvalue weighted by atomic mass is 10.1.